The fourth-order valence-corrected chi connectivity index (χ4v) is 3.57. The van der Waals surface area contributed by atoms with Gasteiger partial charge in [-0.15, -0.1) is 0 Å². The van der Waals surface area contributed by atoms with Crippen molar-refractivity contribution in [3.8, 4) is 0 Å². The van der Waals surface area contributed by atoms with E-state index in [9.17, 15) is 4.79 Å². The standard InChI is InChI=1S/C20H30N2O3/c1-19(2,3)25-18(23)22-9-8-17(20(4,5)13-22)21-16-7-6-14-11-24-12-15(14)10-16/h6-7,10,17,21H,8-9,11-13H2,1-5H3. The van der Waals surface area contributed by atoms with Crippen LogP contribution in [0.5, 0.6) is 0 Å². The molecule has 5 nitrogen and oxygen atoms in total. The van der Waals surface area contributed by atoms with Crippen molar-refractivity contribution in [1.82, 2.24) is 4.90 Å². The van der Waals surface area contributed by atoms with Gasteiger partial charge in [-0.3, -0.25) is 0 Å². The molecule has 0 bridgehead atoms. The molecule has 2 aliphatic rings. The number of carbonyl (C=O) groups excluding carboxylic acids is 1. The fraction of sp³-hybridized carbons (Fsp3) is 0.650. The van der Waals surface area contributed by atoms with E-state index in [1.807, 2.05) is 25.7 Å². The van der Waals surface area contributed by atoms with Crippen LogP contribution in [-0.4, -0.2) is 35.7 Å². The second-order valence-electron chi connectivity index (χ2n) is 8.85. The van der Waals surface area contributed by atoms with Gasteiger partial charge in [0.1, 0.15) is 5.60 Å². The Hall–Kier alpha value is -1.75. The highest BCUT2D eigenvalue weighted by molar-refractivity contribution is 5.68. The molecule has 138 valence electrons. The Labute approximate surface area is 150 Å². The molecule has 1 unspecified atom stereocenters. The summed E-state index contributed by atoms with van der Waals surface area (Å²) in [5.74, 6) is 0. The quantitative estimate of drug-likeness (QED) is 0.873. The molecule has 1 aromatic carbocycles. The van der Waals surface area contributed by atoms with Gasteiger partial charge < -0.3 is 19.7 Å². The van der Waals surface area contributed by atoms with Gasteiger partial charge in [0.2, 0.25) is 0 Å². The molecule has 0 saturated carbocycles. The molecular weight excluding hydrogens is 316 g/mol. The van der Waals surface area contributed by atoms with Gasteiger partial charge in [0.15, 0.2) is 0 Å². The summed E-state index contributed by atoms with van der Waals surface area (Å²) >= 11 is 0. The molecule has 0 aliphatic carbocycles. The number of hydrogen-bond acceptors (Lipinski definition) is 4. The molecule has 25 heavy (non-hydrogen) atoms. The molecule has 1 saturated heterocycles. The summed E-state index contributed by atoms with van der Waals surface area (Å²) in [6, 6.07) is 6.78. The first-order valence-electron chi connectivity index (χ1n) is 9.08. The van der Waals surface area contributed by atoms with Crippen LogP contribution in [0, 0.1) is 5.41 Å². The summed E-state index contributed by atoms with van der Waals surface area (Å²) in [7, 11) is 0. The Bertz CT molecular complexity index is 649. The number of benzene rings is 1. The molecular formula is C20H30N2O3. The minimum absolute atomic E-state index is 0.0370. The van der Waals surface area contributed by atoms with Crippen molar-refractivity contribution in [3.63, 3.8) is 0 Å². The number of likely N-dealkylation sites (tertiary alicyclic amines) is 1. The fourth-order valence-electron chi connectivity index (χ4n) is 3.57. The Morgan fingerprint density at radius 2 is 2.00 bits per heavy atom. The summed E-state index contributed by atoms with van der Waals surface area (Å²) in [6.45, 7) is 12.9. The summed E-state index contributed by atoms with van der Waals surface area (Å²) in [5.41, 5.74) is 3.19. The van der Waals surface area contributed by atoms with Crippen LogP contribution < -0.4 is 5.32 Å². The number of fused-ring (bicyclic) bond motifs is 1. The number of anilines is 1. The zero-order valence-electron chi connectivity index (χ0n) is 16.0. The van der Waals surface area contributed by atoms with Crippen LogP contribution in [0.2, 0.25) is 0 Å². The van der Waals surface area contributed by atoms with E-state index in [4.69, 9.17) is 9.47 Å². The predicted molar refractivity (Wildman–Crippen MR) is 98.6 cm³/mol. The molecule has 2 heterocycles. The lowest BCUT2D eigenvalue weighted by molar-refractivity contribution is 0.00691. The SMILES string of the molecule is CC(C)(C)OC(=O)N1CCC(Nc2ccc3c(c2)COC3)C(C)(C)C1. The van der Waals surface area contributed by atoms with Crippen molar-refractivity contribution in [1.29, 1.82) is 0 Å². The topological polar surface area (TPSA) is 50.8 Å². The highest BCUT2D eigenvalue weighted by atomic mass is 16.6. The molecule has 5 heteroatoms. The lowest BCUT2D eigenvalue weighted by Gasteiger charge is -2.45. The number of carbonyl (C=O) groups is 1. The summed E-state index contributed by atoms with van der Waals surface area (Å²) in [4.78, 5) is 14.2. The van der Waals surface area contributed by atoms with Crippen molar-refractivity contribution in [2.24, 2.45) is 5.41 Å². The second kappa shape index (κ2) is 6.52. The van der Waals surface area contributed by atoms with Crippen molar-refractivity contribution in [2.75, 3.05) is 18.4 Å². The van der Waals surface area contributed by atoms with Crippen molar-refractivity contribution >= 4 is 11.8 Å². The van der Waals surface area contributed by atoms with Gasteiger partial charge in [0, 0.05) is 30.2 Å². The lowest BCUT2D eigenvalue weighted by Crippen LogP contribution is -2.54. The average Bonchev–Trinajstić information content (AvgIpc) is 2.94. The molecule has 3 rings (SSSR count). The lowest BCUT2D eigenvalue weighted by atomic mass is 9.79. The van der Waals surface area contributed by atoms with Crippen LogP contribution in [0.1, 0.15) is 52.2 Å². The van der Waals surface area contributed by atoms with E-state index in [1.165, 1.54) is 11.1 Å². The maximum atomic E-state index is 12.4. The normalized spacial score (nSPS) is 22.4. The zero-order valence-corrected chi connectivity index (χ0v) is 16.0. The summed E-state index contributed by atoms with van der Waals surface area (Å²) < 4.78 is 11.0. The van der Waals surface area contributed by atoms with E-state index < -0.39 is 5.60 Å². The van der Waals surface area contributed by atoms with Crippen LogP contribution >= 0.6 is 0 Å². The van der Waals surface area contributed by atoms with E-state index in [-0.39, 0.29) is 11.5 Å². The molecule has 0 spiro atoms. The van der Waals surface area contributed by atoms with Gasteiger partial charge >= 0.3 is 6.09 Å². The Kier molecular flexibility index (Phi) is 4.71. The number of nitrogens with zero attached hydrogens (tertiary/aromatic N) is 1. The minimum atomic E-state index is -0.456. The van der Waals surface area contributed by atoms with Crippen LogP contribution in [0.4, 0.5) is 10.5 Å². The summed E-state index contributed by atoms with van der Waals surface area (Å²) in [6.07, 6.45) is 0.688. The molecule has 1 N–H and O–H groups in total. The van der Waals surface area contributed by atoms with Crippen LogP contribution in [-0.2, 0) is 22.7 Å². The van der Waals surface area contributed by atoms with E-state index in [1.54, 1.807) is 0 Å². The third kappa shape index (κ3) is 4.27. The van der Waals surface area contributed by atoms with Gasteiger partial charge in [-0.1, -0.05) is 19.9 Å². The van der Waals surface area contributed by atoms with Gasteiger partial charge in [-0.2, -0.15) is 0 Å². The number of ether oxygens (including phenoxy) is 2. The second-order valence-corrected chi connectivity index (χ2v) is 8.85. The first-order valence-corrected chi connectivity index (χ1v) is 9.08. The highest BCUT2D eigenvalue weighted by Crippen LogP contribution is 2.33. The van der Waals surface area contributed by atoms with Crippen LogP contribution in [0.25, 0.3) is 0 Å². The number of nitrogens with one attached hydrogen (secondary N) is 1. The van der Waals surface area contributed by atoms with Crippen LogP contribution in [0.3, 0.4) is 0 Å². The number of amides is 1. The first kappa shape index (κ1) is 18.1. The predicted octanol–water partition coefficient (Wildman–Crippen LogP) is 4.16. The Balaban J connectivity index is 1.64. The molecule has 1 amide bonds. The van der Waals surface area contributed by atoms with Crippen molar-refractivity contribution in [3.05, 3.63) is 29.3 Å². The van der Waals surface area contributed by atoms with Gasteiger partial charge in [0.05, 0.1) is 13.2 Å². The number of rotatable bonds is 2. The zero-order chi connectivity index (χ0) is 18.2. The van der Waals surface area contributed by atoms with E-state index >= 15 is 0 Å². The number of piperidine rings is 1. The Morgan fingerprint density at radius 3 is 2.68 bits per heavy atom. The van der Waals surface area contributed by atoms with Gasteiger partial charge in [-0.25, -0.2) is 4.79 Å². The largest absolute Gasteiger partial charge is 0.444 e. The van der Waals surface area contributed by atoms with E-state index in [0.717, 1.165) is 18.7 Å². The molecule has 0 radical (unpaired) electrons. The molecule has 0 aromatic heterocycles. The average molecular weight is 346 g/mol. The van der Waals surface area contributed by atoms with Crippen molar-refractivity contribution < 1.29 is 14.3 Å². The molecule has 1 atom stereocenters. The monoisotopic (exact) mass is 346 g/mol. The van der Waals surface area contributed by atoms with Gasteiger partial charge in [-0.05, 0) is 50.5 Å². The first-order chi connectivity index (χ1) is 11.6. The van der Waals surface area contributed by atoms with Crippen molar-refractivity contribution in [2.45, 2.75) is 65.9 Å². The minimum Gasteiger partial charge on any atom is -0.444 e. The summed E-state index contributed by atoms with van der Waals surface area (Å²) in [5, 5.41) is 3.67. The molecule has 2 aliphatic heterocycles. The maximum Gasteiger partial charge on any atom is 0.410 e. The Morgan fingerprint density at radius 1 is 1.28 bits per heavy atom. The highest BCUT2D eigenvalue weighted by Gasteiger charge is 2.39. The third-order valence-electron chi connectivity index (χ3n) is 4.94. The maximum absolute atomic E-state index is 12.4. The van der Waals surface area contributed by atoms with E-state index in [2.05, 4.69) is 37.4 Å². The third-order valence-corrected chi connectivity index (χ3v) is 4.94. The number of hydrogen-bond donors (Lipinski definition) is 1. The molecule has 1 aromatic rings. The molecule has 1 fully saturated rings. The van der Waals surface area contributed by atoms with Crippen LogP contribution in [0.15, 0.2) is 18.2 Å². The van der Waals surface area contributed by atoms with E-state index in [0.29, 0.717) is 25.7 Å². The van der Waals surface area contributed by atoms with Gasteiger partial charge in [0.25, 0.3) is 0 Å². The smallest absolute Gasteiger partial charge is 0.410 e.